The Bertz CT molecular complexity index is 787. The maximum Gasteiger partial charge on any atom is 0.248 e. The number of hydrogen-bond donors (Lipinski definition) is 5. The zero-order valence-electron chi connectivity index (χ0n) is 16.2. The van der Waals surface area contributed by atoms with Crippen molar-refractivity contribution in [2.75, 3.05) is 19.7 Å². The molecule has 4 amide bonds. The summed E-state index contributed by atoms with van der Waals surface area (Å²) in [6.07, 6.45) is 0.418. The second-order valence-electron chi connectivity index (χ2n) is 6.74. The molecule has 2 rings (SSSR count). The van der Waals surface area contributed by atoms with Gasteiger partial charge in [0.25, 0.3) is 0 Å². The molecule has 1 fully saturated rings. The third kappa shape index (κ3) is 6.09. The monoisotopic (exact) mass is 419 g/mol. The van der Waals surface area contributed by atoms with Gasteiger partial charge in [0.1, 0.15) is 18.8 Å². The fraction of sp³-hybridized carbons (Fsp3) is 0.421. The molecule has 1 aromatic rings. The van der Waals surface area contributed by atoms with Crippen molar-refractivity contribution in [3.63, 3.8) is 0 Å². The van der Waals surface area contributed by atoms with Gasteiger partial charge in [-0.05, 0) is 18.4 Å². The molecule has 11 nitrogen and oxygen atoms in total. The molecule has 1 aliphatic heterocycles. The van der Waals surface area contributed by atoms with Crippen LogP contribution in [0.15, 0.2) is 30.3 Å². The third-order valence-corrected chi connectivity index (χ3v) is 4.65. The quantitative estimate of drug-likeness (QED) is 0.262. The smallest absolute Gasteiger partial charge is 0.248 e. The number of carbonyl (C=O) groups is 5. The Morgan fingerprint density at radius 2 is 1.90 bits per heavy atom. The van der Waals surface area contributed by atoms with E-state index in [4.69, 9.17) is 10.8 Å². The number of primary amides is 1. The van der Waals surface area contributed by atoms with E-state index in [-0.39, 0.29) is 6.54 Å². The normalized spacial score (nSPS) is 18.1. The van der Waals surface area contributed by atoms with Crippen LogP contribution in [0.1, 0.15) is 24.4 Å². The number of aldehydes is 1. The van der Waals surface area contributed by atoms with E-state index in [1.54, 1.807) is 30.3 Å². The molecule has 0 spiro atoms. The molecule has 0 saturated carbocycles. The Kier molecular flexibility index (Phi) is 8.44. The van der Waals surface area contributed by atoms with E-state index in [1.807, 2.05) is 0 Å². The summed E-state index contributed by atoms with van der Waals surface area (Å²) in [4.78, 5) is 61.0. The number of nitrogens with two attached hydrogens (primary N) is 1. The summed E-state index contributed by atoms with van der Waals surface area (Å²) >= 11 is 0. The zero-order valence-corrected chi connectivity index (χ0v) is 16.2. The minimum atomic E-state index is -1.14. The molecule has 0 aromatic heterocycles. The Morgan fingerprint density at radius 1 is 1.20 bits per heavy atom. The lowest BCUT2D eigenvalue weighted by Crippen LogP contribution is -2.57. The average Bonchev–Trinajstić information content (AvgIpc) is 3.24. The number of nitrogens with one attached hydrogen (secondary N) is 3. The van der Waals surface area contributed by atoms with E-state index in [9.17, 15) is 24.0 Å². The number of hydrogen-bond acceptors (Lipinski definition) is 7. The van der Waals surface area contributed by atoms with Crippen LogP contribution in [-0.4, -0.2) is 71.8 Å². The van der Waals surface area contributed by atoms with E-state index in [0.29, 0.717) is 31.2 Å². The first-order valence-electron chi connectivity index (χ1n) is 9.40. The topological polar surface area (TPSA) is 171 Å². The molecular weight excluding hydrogens is 394 g/mol. The third-order valence-electron chi connectivity index (χ3n) is 4.65. The summed E-state index contributed by atoms with van der Waals surface area (Å²) in [5, 5.41) is 16.4. The van der Waals surface area contributed by atoms with Crippen LogP contribution in [0.2, 0.25) is 0 Å². The first kappa shape index (κ1) is 23.0. The van der Waals surface area contributed by atoms with Crippen molar-refractivity contribution >= 4 is 29.9 Å². The van der Waals surface area contributed by atoms with Crippen molar-refractivity contribution < 1.29 is 29.1 Å². The van der Waals surface area contributed by atoms with Crippen LogP contribution in [0.5, 0.6) is 0 Å². The summed E-state index contributed by atoms with van der Waals surface area (Å²) in [6.45, 7) is -0.760. The predicted molar refractivity (Wildman–Crippen MR) is 104 cm³/mol. The van der Waals surface area contributed by atoms with Gasteiger partial charge in [-0.2, -0.15) is 0 Å². The van der Waals surface area contributed by atoms with Crippen LogP contribution >= 0.6 is 0 Å². The minimum Gasteiger partial charge on any atom is -0.387 e. The minimum absolute atomic E-state index is 0.329. The highest BCUT2D eigenvalue weighted by Crippen LogP contribution is 2.20. The lowest BCUT2D eigenvalue weighted by molar-refractivity contribution is -0.135. The summed E-state index contributed by atoms with van der Waals surface area (Å²) in [5.74, 6) is -2.60. The first-order chi connectivity index (χ1) is 14.4. The average molecular weight is 419 g/mol. The van der Waals surface area contributed by atoms with E-state index < -0.39 is 48.5 Å². The van der Waals surface area contributed by atoms with Crippen LogP contribution in [0.25, 0.3) is 0 Å². The molecule has 0 bridgehead atoms. The summed E-state index contributed by atoms with van der Waals surface area (Å²) in [6, 6.07) is 6.47. The number of amides is 4. The lowest BCUT2D eigenvalue weighted by atomic mass is 10.1. The van der Waals surface area contributed by atoms with Gasteiger partial charge in [0.05, 0.1) is 12.6 Å². The van der Waals surface area contributed by atoms with Gasteiger partial charge < -0.3 is 26.8 Å². The molecule has 0 aliphatic carbocycles. The number of carbonyl (C=O) groups excluding carboxylic acids is 5. The fourth-order valence-corrected chi connectivity index (χ4v) is 3.27. The van der Waals surface area contributed by atoms with Gasteiger partial charge in [0.15, 0.2) is 6.29 Å². The Labute approximate surface area is 173 Å². The van der Waals surface area contributed by atoms with Crippen LogP contribution in [0.3, 0.4) is 0 Å². The maximum atomic E-state index is 12.9. The van der Waals surface area contributed by atoms with Gasteiger partial charge in [-0.1, -0.05) is 30.3 Å². The first-order valence-corrected chi connectivity index (χ1v) is 9.40. The van der Waals surface area contributed by atoms with Crippen molar-refractivity contribution in [1.29, 1.82) is 0 Å². The number of aliphatic hydroxyl groups is 1. The summed E-state index contributed by atoms with van der Waals surface area (Å²) in [7, 11) is 0. The van der Waals surface area contributed by atoms with E-state index in [1.165, 1.54) is 4.90 Å². The number of nitrogens with zero attached hydrogens (tertiary/aromatic N) is 1. The Balaban J connectivity index is 2.14. The summed E-state index contributed by atoms with van der Waals surface area (Å²) < 4.78 is 0. The van der Waals surface area contributed by atoms with E-state index in [0.717, 1.165) is 0 Å². The van der Waals surface area contributed by atoms with E-state index in [2.05, 4.69) is 16.0 Å². The van der Waals surface area contributed by atoms with Gasteiger partial charge >= 0.3 is 0 Å². The van der Waals surface area contributed by atoms with Crippen LogP contribution < -0.4 is 21.7 Å². The standard InChI is InChI=1S/C19H25N5O6/c20-14(27)9-21-18(29)13-7-4-8-24(13)15(10-25)22-19(30)17(23-16(28)11-26)12-5-2-1-3-6-12/h1-3,5-6,10,13,15,17,26H,4,7-9,11H2,(H2,20,27)(H,21,29)(H,22,30)(H,23,28)/t13-,15?,17+/m0/s1. The Morgan fingerprint density at radius 3 is 2.50 bits per heavy atom. The number of rotatable bonds is 10. The molecule has 1 aliphatic rings. The largest absolute Gasteiger partial charge is 0.387 e. The molecule has 1 aromatic carbocycles. The molecule has 162 valence electrons. The second-order valence-corrected chi connectivity index (χ2v) is 6.74. The highest BCUT2D eigenvalue weighted by Gasteiger charge is 2.37. The molecule has 1 heterocycles. The molecule has 0 radical (unpaired) electrons. The van der Waals surface area contributed by atoms with Crippen molar-refractivity contribution in [1.82, 2.24) is 20.9 Å². The number of likely N-dealkylation sites (tertiary alicyclic amines) is 1. The maximum absolute atomic E-state index is 12.9. The van der Waals surface area contributed by atoms with Gasteiger partial charge in [-0.3, -0.25) is 28.9 Å². The van der Waals surface area contributed by atoms with Gasteiger partial charge in [-0.25, -0.2) is 0 Å². The molecular formula is C19H25N5O6. The van der Waals surface area contributed by atoms with Crippen LogP contribution in [-0.2, 0) is 24.0 Å². The van der Waals surface area contributed by atoms with E-state index >= 15 is 0 Å². The highest BCUT2D eigenvalue weighted by molar-refractivity contribution is 5.91. The predicted octanol–water partition coefficient (Wildman–Crippen LogP) is -2.46. The van der Waals surface area contributed by atoms with Gasteiger partial charge in [0.2, 0.25) is 23.6 Å². The SMILES string of the molecule is NC(=O)CNC(=O)[C@@H]1CCCN1C(C=O)NC(=O)[C@H](NC(=O)CO)c1ccccc1. The number of aliphatic hydroxyl groups excluding tert-OH is 1. The van der Waals surface area contributed by atoms with Crippen LogP contribution in [0.4, 0.5) is 0 Å². The highest BCUT2D eigenvalue weighted by atomic mass is 16.3. The van der Waals surface area contributed by atoms with Crippen molar-refractivity contribution in [3.05, 3.63) is 35.9 Å². The van der Waals surface area contributed by atoms with Gasteiger partial charge in [-0.15, -0.1) is 0 Å². The van der Waals surface area contributed by atoms with Crippen LogP contribution in [0, 0.1) is 0 Å². The zero-order chi connectivity index (χ0) is 22.1. The van der Waals surface area contributed by atoms with Crippen molar-refractivity contribution in [3.8, 4) is 0 Å². The molecule has 1 unspecified atom stereocenters. The molecule has 3 atom stereocenters. The Hall–Kier alpha value is -3.31. The van der Waals surface area contributed by atoms with Gasteiger partial charge in [0, 0.05) is 6.54 Å². The fourth-order valence-electron chi connectivity index (χ4n) is 3.27. The molecule has 11 heteroatoms. The van der Waals surface area contributed by atoms with Crippen molar-refractivity contribution in [2.24, 2.45) is 5.73 Å². The molecule has 6 N–H and O–H groups in total. The summed E-state index contributed by atoms with van der Waals surface area (Å²) in [5.41, 5.74) is 5.49. The lowest BCUT2D eigenvalue weighted by Gasteiger charge is -2.30. The second kappa shape index (κ2) is 11.0. The number of benzene rings is 1. The van der Waals surface area contributed by atoms with Crippen molar-refractivity contribution in [2.45, 2.75) is 31.1 Å². The molecule has 1 saturated heterocycles. The molecule has 30 heavy (non-hydrogen) atoms.